The Morgan fingerprint density at radius 2 is 1.94 bits per heavy atom. The number of hydrazone groups is 1. The van der Waals surface area contributed by atoms with Crippen molar-refractivity contribution in [2.75, 3.05) is 0 Å². The summed E-state index contributed by atoms with van der Waals surface area (Å²) < 4.78 is 13.2. The van der Waals surface area contributed by atoms with Crippen LogP contribution in [0.25, 0.3) is 0 Å². The summed E-state index contributed by atoms with van der Waals surface area (Å²) in [6.45, 7) is 3.46. The second kappa shape index (κ2) is 6.48. The summed E-state index contributed by atoms with van der Waals surface area (Å²) in [5, 5.41) is 5.91. The van der Waals surface area contributed by atoms with E-state index in [9.17, 15) is 14.0 Å². The third-order valence-electron chi connectivity index (χ3n) is 1.90. The van der Waals surface area contributed by atoms with Gasteiger partial charge >= 0.3 is 11.8 Å². The van der Waals surface area contributed by atoms with Crippen LogP contribution < -0.4 is 10.7 Å². The second-order valence-electron chi connectivity index (χ2n) is 3.85. The van der Waals surface area contributed by atoms with Crippen LogP contribution in [0.5, 0.6) is 0 Å². The minimum absolute atomic E-state index is 0.140. The summed E-state index contributed by atoms with van der Waals surface area (Å²) in [4.78, 5) is 22.4. The van der Waals surface area contributed by atoms with Gasteiger partial charge in [-0.1, -0.05) is 18.2 Å². The van der Waals surface area contributed by atoms with Gasteiger partial charge in [-0.15, -0.1) is 0 Å². The first kappa shape index (κ1) is 13.8. The highest BCUT2D eigenvalue weighted by Crippen LogP contribution is 2.02. The number of amides is 2. The normalized spacial score (nSPS) is 10.7. The molecule has 2 N–H and O–H groups in total. The van der Waals surface area contributed by atoms with E-state index in [0.29, 0.717) is 0 Å². The molecule has 5 nitrogen and oxygen atoms in total. The van der Waals surface area contributed by atoms with Crippen molar-refractivity contribution < 1.29 is 14.0 Å². The zero-order chi connectivity index (χ0) is 13.5. The van der Waals surface area contributed by atoms with E-state index >= 15 is 0 Å². The van der Waals surface area contributed by atoms with Crippen LogP contribution in [-0.4, -0.2) is 24.1 Å². The molecule has 1 rings (SSSR count). The largest absolute Gasteiger partial charge is 0.346 e. The van der Waals surface area contributed by atoms with Crippen LogP contribution in [0.3, 0.4) is 0 Å². The van der Waals surface area contributed by atoms with E-state index in [-0.39, 0.29) is 11.6 Å². The average Bonchev–Trinajstić information content (AvgIpc) is 2.30. The fourth-order valence-corrected chi connectivity index (χ4v) is 1.12. The van der Waals surface area contributed by atoms with Gasteiger partial charge in [-0.2, -0.15) is 5.10 Å². The topological polar surface area (TPSA) is 70.6 Å². The van der Waals surface area contributed by atoms with Crippen LogP contribution in [0.4, 0.5) is 4.39 Å². The smallest absolute Gasteiger partial charge is 0.329 e. The predicted molar refractivity (Wildman–Crippen MR) is 65.4 cm³/mol. The van der Waals surface area contributed by atoms with Crippen molar-refractivity contribution in [3.8, 4) is 0 Å². The lowest BCUT2D eigenvalue weighted by Gasteiger charge is -2.05. The number of rotatable bonds is 3. The van der Waals surface area contributed by atoms with Gasteiger partial charge in [-0.05, 0) is 19.9 Å². The molecule has 2 amide bonds. The fourth-order valence-electron chi connectivity index (χ4n) is 1.12. The lowest BCUT2D eigenvalue weighted by atomic mass is 10.2. The zero-order valence-electron chi connectivity index (χ0n) is 10.1. The number of nitrogens with one attached hydrogen (secondary N) is 2. The molecule has 1 aromatic rings. The molecular weight excluding hydrogens is 237 g/mol. The summed E-state index contributed by atoms with van der Waals surface area (Å²) in [5.74, 6) is -2.13. The monoisotopic (exact) mass is 251 g/mol. The Hall–Kier alpha value is -2.24. The Balaban J connectivity index is 2.53. The van der Waals surface area contributed by atoms with Crippen LogP contribution in [0, 0.1) is 5.82 Å². The van der Waals surface area contributed by atoms with Crippen molar-refractivity contribution in [3.05, 3.63) is 35.6 Å². The van der Waals surface area contributed by atoms with E-state index < -0.39 is 17.6 Å². The maximum absolute atomic E-state index is 13.2. The molecule has 0 bridgehead atoms. The molecule has 0 aromatic heterocycles. The molecule has 96 valence electrons. The van der Waals surface area contributed by atoms with Crippen molar-refractivity contribution in [2.45, 2.75) is 19.9 Å². The van der Waals surface area contributed by atoms with Gasteiger partial charge in [0.15, 0.2) is 0 Å². The van der Waals surface area contributed by atoms with Crippen molar-refractivity contribution in [1.82, 2.24) is 10.7 Å². The summed E-state index contributed by atoms with van der Waals surface area (Å²) in [7, 11) is 0. The molecule has 0 unspecified atom stereocenters. The molecular formula is C12H14FN3O2. The van der Waals surface area contributed by atoms with Gasteiger partial charge in [0.1, 0.15) is 5.82 Å². The average molecular weight is 251 g/mol. The molecule has 0 atom stereocenters. The number of nitrogens with zero attached hydrogens (tertiary/aromatic N) is 1. The van der Waals surface area contributed by atoms with Crippen LogP contribution in [0.2, 0.25) is 0 Å². The molecule has 18 heavy (non-hydrogen) atoms. The number of benzene rings is 1. The van der Waals surface area contributed by atoms with Gasteiger partial charge in [-0.25, -0.2) is 9.82 Å². The highest BCUT2D eigenvalue weighted by atomic mass is 19.1. The van der Waals surface area contributed by atoms with E-state index in [1.807, 2.05) is 5.43 Å². The highest BCUT2D eigenvalue weighted by Gasteiger charge is 2.12. The van der Waals surface area contributed by atoms with Crippen LogP contribution in [0.15, 0.2) is 29.4 Å². The van der Waals surface area contributed by atoms with Crippen LogP contribution in [0.1, 0.15) is 19.4 Å². The van der Waals surface area contributed by atoms with Crippen molar-refractivity contribution in [2.24, 2.45) is 5.10 Å². The van der Waals surface area contributed by atoms with E-state index in [4.69, 9.17) is 0 Å². The van der Waals surface area contributed by atoms with Gasteiger partial charge in [0.2, 0.25) is 0 Å². The molecule has 0 aliphatic carbocycles. The number of carbonyl (C=O) groups excluding carboxylic acids is 2. The molecule has 0 spiro atoms. The zero-order valence-corrected chi connectivity index (χ0v) is 10.1. The van der Waals surface area contributed by atoms with E-state index in [1.54, 1.807) is 26.0 Å². The predicted octanol–water partition coefficient (Wildman–Crippen LogP) is 0.800. The van der Waals surface area contributed by atoms with Gasteiger partial charge in [0, 0.05) is 11.6 Å². The Bertz CT molecular complexity index is 472. The van der Waals surface area contributed by atoms with Crippen LogP contribution >= 0.6 is 0 Å². The number of hydrogen-bond acceptors (Lipinski definition) is 3. The molecule has 0 heterocycles. The Morgan fingerprint density at radius 1 is 1.28 bits per heavy atom. The molecule has 0 aliphatic heterocycles. The van der Waals surface area contributed by atoms with Gasteiger partial charge in [0.05, 0.1) is 6.21 Å². The van der Waals surface area contributed by atoms with Crippen molar-refractivity contribution >= 4 is 18.0 Å². The first-order valence-electron chi connectivity index (χ1n) is 5.39. The number of carbonyl (C=O) groups is 2. The lowest BCUT2D eigenvalue weighted by Crippen LogP contribution is -2.41. The lowest BCUT2D eigenvalue weighted by molar-refractivity contribution is -0.139. The first-order valence-corrected chi connectivity index (χ1v) is 5.39. The van der Waals surface area contributed by atoms with Crippen molar-refractivity contribution in [1.29, 1.82) is 0 Å². The summed E-state index contributed by atoms with van der Waals surface area (Å²) >= 11 is 0. The molecule has 0 fully saturated rings. The van der Waals surface area contributed by atoms with E-state index in [2.05, 4.69) is 10.4 Å². The molecule has 0 saturated heterocycles. The molecule has 1 aromatic carbocycles. The Morgan fingerprint density at radius 3 is 2.56 bits per heavy atom. The minimum Gasteiger partial charge on any atom is -0.346 e. The van der Waals surface area contributed by atoms with E-state index in [1.165, 1.54) is 12.1 Å². The molecule has 0 radical (unpaired) electrons. The maximum atomic E-state index is 13.2. The SMILES string of the molecule is CC(C)NC(=O)C(=O)N/N=C\c1ccccc1F. The van der Waals surface area contributed by atoms with Crippen LogP contribution in [-0.2, 0) is 9.59 Å². The third kappa shape index (κ3) is 4.32. The molecule has 0 aliphatic rings. The second-order valence-corrected chi connectivity index (χ2v) is 3.85. The molecule has 0 saturated carbocycles. The summed E-state index contributed by atoms with van der Waals surface area (Å²) in [6.07, 6.45) is 1.13. The van der Waals surface area contributed by atoms with Gasteiger partial charge < -0.3 is 5.32 Å². The first-order chi connectivity index (χ1) is 8.50. The summed E-state index contributed by atoms with van der Waals surface area (Å²) in [5.41, 5.74) is 2.24. The number of halogens is 1. The Kier molecular flexibility index (Phi) is 4.98. The number of hydrogen-bond donors (Lipinski definition) is 2. The quantitative estimate of drug-likeness (QED) is 0.474. The minimum atomic E-state index is -0.892. The fraction of sp³-hybridized carbons (Fsp3) is 0.250. The highest BCUT2D eigenvalue weighted by molar-refractivity contribution is 6.35. The standard InChI is InChI=1S/C12H14FN3O2/c1-8(2)15-11(17)12(18)16-14-7-9-5-3-4-6-10(9)13/h3-8H,1-2H3,(H,15,17)(H,16,18)/b14-7-. The summed E-state index contributed by atoms with van der Waals surface area (Å²) in [6, 6.07) is 5.81. The van der Waals surface area contributed by atoms with Gasteiger partial charge in [-0.3, -0.25) is 9.59 Å². The maximum Gasteiger partial charge on any atom is 0.329 e. The van der Waals surface area contributed by atoms with Gasteiger partial charge in [0.25, 0.3) is 0 Å². The Labute approximate surface area is 104 Å². The van der Waals surface area contributed by atoms with Crippen molar-refractivity contribution in [3.63, 3.8) is 0 Å². The third-order valence-corrected chi connectivity index (χ3v) is 1.90. The molecule has 6 heteroatoms. The van der Waals surface area contributed by atoms with E-state index in [0.717, 1.165) is 6.21 Å².